The SMILES string of the molecule is c1ccc(-c2ncc(N(c3cc(-c4ccc5c(c4)c4ccccc4n5-c4ccccc4)cc(-n4c5ccccc5c5ccccc54)c3)c3cccc4ccccc34)c(-c3ccccc3)n2)cc1. The van der Waals surface area contributed by atoms with Gasteiger partial charge in [-0.15, -0.1) is 0 Å². The standard InChI is InChI=1S/C62H41N5/c1-4-20-43(21-5-1)61-60(41-63-62(64-61)44-22-6-2-7-23-44)67(55-34-18-24-42-19-10-11-27-50(42)55)49-38-46(37-48(40-49)66-56-31-15-12-28-51(56)52-29-13-16-32-57(52)66)45-35-36-59-54(39-45)53-30-14-17-33-58(53)65(59)47-25-8-3-9-26-47/h1-41H. The van der Waals surface area contributed by atoms with Crippen molar-refractivity contribution in [2.24, 2.45) is 0 Å². The molecule has 0 saturated heterocycles. The number of rotatable bonds is 8. The van der Waals surface area contributed by atoms with Crippen LogP contribution in [0, 0.1) is 0 Å². The van der Waals surface area contributed by atoms with E-state index in [0.717, 1.165) is 83.7 Å². The molecule has 0 atom stereocenters. The Bertz CT molecular complexity index is 3920. The van der Waals surface area contributed by atoms with Crippen molar-refractivity contribution in [2.45, 2.75) is 0 Å². The number of hydrogen-bond acceptors (Lipinski definition) is 3. The van der Waals surface area contributed by atoms with Crippen LogP contribution in [0.5, 0.6) is 0 Å². The Morgan fingerprint density at radius 3 is 1.55 bits per heavy atom. The molecule has 3 aromatic heterocycles. The fraction of sp³-hybridized carbons (Fsp3) is 0. The molecule has 0 bridgehead atoms. The summed E-state index contributed by atoms with van der Waals surface area (Å²) in [5.74, 6) is 0.670. The van der Waals surface area contributed by atoms with E-state index in [1.54, 1.807) is 0 Å². The molecule has 10 aromatic carbocycles. The molecule has 0 spiro atoms. The van der Waals surface area contributed by atoms with E-state index >= 15 is 0 Å². The van der Waals surface area contributed by atoms with Gasteiger partial charge in [0, 0.05) is 55.1 Å². The molecule has 0 aliphatic carbocycles. The van der Waals surface area contributed by atoms with Crippen LogP contribution in [0.4, 0.5) is 17.1 Å². The normalized spacial score (nSPS) is 11.6. The van der Waals surface area contributed by atoms with Gasteiger partial charge < -0.3 is 14.0 Å². The maximum atomic E-state index is 5.43. The summed E-state index contributed by atoms with van der Waals surface area (Å²) < 4.78 is 4.80. The first kappa shape index (κ1) is 38.4. The average molecular weight is 856 g/mol. The highest BCUT2D eigenvalue weighted by molar-refractivity contribution is 6.12. The van der Waals surface area contributed by atoms with Gasteiger partial charge in [0.05, 0.1) is 45.3 Å². The Balaban J connectivity index is 1.13. The summed E-state index contributed by atoms with van der Waals surface area (Å²) in [4.78, 5) is 13.0. The number of para-hydroxylation sites is 4. The fourth-order valence-electron chi connectivity index (χ4n) is 10.1. The number of benzene rings is 10. The summed E-state index contributed by atoms with van der Waals surface area (Å²) in [5, 5.41) is 7.09. The third-order valence-electron chi connectivity index (χ3n) is 13.1. The van der Waals surface area contributed by atoms with Crippen molar-refractivity contribution >= 4 is 71.4 Å². The largest absolute Gasteiger partial charge is 0.309 e. The van der Waals surface area contributed by atoms with E-state index in [0.29, 0.717) is 5.82 Å². The van der Waals surface area contributed by atoms with Crippen molar-refractivity contribution in [1.82, 2.24) is 19.1 Å². The van der Waals surface area contributed by atoms with Gasteiger partial charge in [0.15, 0.2) is 5.82 Å². The highest BCUT2D eigenvalue weighted by Gasteiger charge is 2.24. The summed E-state index contributed by atoms with van der Waals surface area (Å²) in [5.41, 5.74) is 14.7. The molecule has 0 aliphatic rings. The minimum atomic E-state index is 0.670. The van der Waals surface area contributed by atoms with E-state index in [4.69, 9.17) is 9.97 Å². The van der Waals surface area contributed by atoms with Gasteiger partial charge in [-0.05, 0) is 83.2 Å². The van der Waals surface area contributed by atoms with Crippen molar-refractivity contribution in [3.8, 4) is 45.1 Å². The molecule has 67 heavy (non-hydrogen) atoms. The Hall–Kier alpha value is -9.06. The number of aromatic nitrogens is 4. The van der Waals surface area contributed by atoms with Crippen LogP contribution in [-0.4, -0.2) is 19.1 Å². The molecule has 0 N–H and O–H groups in total. The number of anilines is 3. The maximum absolute atomic E-state index is 5.43. The summed E-state index contributed by atoms with van der Waals surface area (Å²) >= 11 is 0. The van der Waals surface area contributed by atoms with E-state index in [9.17, 15) is 0 Å². The molecule has 3 heterocycles. The molecule has 0 fully saturated rings. The van der Waals surface area contributed by atoms with Crippen molar-refractivity contribution < 1.29 is 0 Å². The molecule has 0 aliphatic heterocycles. The van der Waals surface area contributed by atoms with Crippen LogP contribution < -0.4 is 4.90 Å². The second-order valence-corrected chi connectivity index (χ2v) is 17.0. The summed E-state index contributed by atoms with van der Waals surface area (Å²) in [6, 6.07) is 86.8. The molecule has 0 radical (unpaired) electrons. The van der Waals surface area contributed by atoms with Gasteiger partial charge >= 0.3 is 0 Å². The average Bonchev–Trinajstić information content (AvgIpc) is 3.92. The molecular formula is C62H41N5. The Kier molecular flexibility index (Phi) is 9.10. The monoisotopic (exact) mass is 855 g/mol. The van der Waals surface area contributed by atoms with Crippen LogP contribution in [0.1, 0.15) is 0 Å². The summed E-state index contributed by atoms with van der Waals surface area (Å²) in [6.07, 6.45) is 2.01. The third kappa shape index (κ3) is 6.47. The van der Waals surface area contributed by atoms with E-state index < -0.39 is 0 Å². The number of fused-ring (bicyclic) bond motifs is 7. The summed E-state index contributed by atoms with van der Waals surface area (Å²) in [7, 11) is 0. The molecule has 13 aromatic rings. The van der Waals surface area contributed by atoms with Gasteiger partial charge in [-0.25, -0.2) is 9.97 Å². The smallest absolute Gasteiger partial charge is 0.159 e. The van der Waals surface area contributed by atoms with Crippen LogP contribution in [0.3, 0.4) is 0 Å². The Morgan fingerprint density at radius 2 is 0.866 bits per heavy atom. The molecule has 0 saturated carbocycles. The van der Waals surface area contributed by atoms with Gasteiger partial charge in [-0.3, -0.25) is 0 Å². The van der Waals surface area contributed by atoms with Crippen molar-refractivity contribution in [2.75, 3.05) is 4.90 Å². The minimum Gasteiger partial charge on any atom is -0.309 e. The van der Waals surface area contributed by atoms with Crippen molar-refractivity contribution in [1.29, 1.82) is 0 Å². The van der Waals surface area contributed by atoms with Crippen molar-refractivity contribution in [3.63, 3.8) is 0 Å². The van der Waals surface area contributed by atoms with Crippen LogP contribution in [0.2, 0.25) is 0 Å². The molecule has 0 amide bonds. The van der Waals surface area contributed by atoms with Gasteiger partial charge in [0.25, 0.3) is 0 Å². The third-order valence-corrected chi connectivity index (χ3v) is 13.1. The van der Waals surface area contributed by atoms with E-state index in [2.05, 4.69) is 238 Å². The second-order valence-electron chi connectivity index (χ2n) is 17.0. The Morgan fingerprint density at radius 1 is 0.328 bits per heavy atom. The van der Waals surface area contributed by atoms with Gasteiger partial charge in [-0.1, -0.05) is 176 Å². The molecular weight excluding hydrogens is 815 g/mol. The predicted octanol–water partition coefficient (Wildman–Crippen LogP) is 16.3. The zero-order valence-corrected chi connectivity index (χ0v) is 36.4. The van der Waals surface area contributed by atoms with Gasteiger partial charge in [0.1, 0.15) is 0 Å². The molecule has 13 rings (SSSR count). The highest BCUT2D eigenvalue weighted by Crippen LogP contribution is 2.46. The number of hydrogen-bond donors (Lipinski definition) is 0. The van der Waals surface area contributed by atoms with Gasteiger partial charge in [0.2, 0.25) is 0 Å². The molecule has 314 valence electrons. The van der Waals surface area contributed by atoms with Crippen LogP contribution in [-0.2, 0) is 0 Å². The van der Waals surface area contributed by atoms with Crippen LogP contribution >= 0.6 is 0 Å². The second kappa shape index (κ2) is 15.9. The predicted molar refractivity (Wildman–Crippen MR) is 279 cm³/mol. The zero-order chi connectivity index (χ0) is 44.3. The minimum absolute atomic E-state index is 0.670. The first-order valence-electron chi connectivity index (χ1n) is 22.7. The lowest BCUT2D eigenvalue weighted by atomic mass is 9.99. The lowest BCUT2D eigenvalue weighted by Crippen LogP contribution is -2.14. The van der Waals surface area contributed by atoms with Crippen molar-refractivity contribution in [3.05, 3.63) is 249 Å². The Labute approximate surface area is 387 Å². The highest BCUT2D eigenvalue weighted by atomic mass is 15.2. The lowest BCUT2D eigenvalue weighted by molar-refractivity contribution is 1.14. The van der Waals surface area contributed by atoms with Crippen LogP contribution in [0.25, 0.3) is 99.5 Å². The summed E-state index contributed by atoms with van der Waals surface area (Å²) in [6.45, 7) is 0. The van der Waals surface area contributed by atoms with E-state index in [1.807, 2.05) is 24.4 Å². The van der Waals surface area contributed by atoms with E-state index in [-0.39, 0.29) is 0 Å². The zero-order valence-electron chi connectivity index (χ0n) is 36.4. The van der Waals surface area contributed by atoms with Gasteiger partial charge in [-0.2, -0.15) is 0 Å². The quantitative estimate of drug-likeness (QED) is 0.153. The molecule has 0 unspecified atom stereocenters. The maximum Gasteiger partial charge on any atom is 0.159 e. The van der Waals surface area contributed by atoms with E-state index in [1.165, 1.54) is 27.1 Å². The lowest BCUT2D eigenvalue weighted by Gasteiger charge is -2.29. The van der Waals surface area contributed by atoms with Crippen LogP contribution in [0.15, 0.2) is 249 Å². The fourth-order valence-corrected chi connectivity index (χ4v) is 10.1. The molecule has 5 heteroatoms. The molecule has 5 nitrogen and oxygen atoms in total. The number of nitrogens with zero attached hydrogens (tertiary/aromatic N) is 5. The first-order chi connectivity index (χ1) is 33.2. The first-order valence-corrected chi connectivity index (χ1v) is 22.7. The topological polar surface area (TPSA) is 38.9 Å².